The van der Waals surface area contributed by atoms with Gasteiger partial charge in [0.1, 0.15) is 0 Å². The maximum absolute atomic E-state index is 12.7. The molecule has 9 nitrogen and oxygen atoms in total. The van der Waals surface area contributed by atoms with Gasteiger partial charge in [-0.25, -0.2) is 4.68 Å². The predicted molar refractivity (Wildman–Crippen MR) is 97.1 cm³/mol. The fourth-order valence-corrected chi connectivity index (χ4v) is 3.68. The molecule has 1 aliphatic rings. The van der Waals surface area contributed by atoms with Crippen LogP contribution in [0.2, 0.25) is 0 Å². The molecule has 138 valence electrons. The Morgan fingerprint density at radius 3 is 2.96 bits per heavy atom. The maximum Gasteiger partial charge on any atom is 0.269 e. The van der Waals surface area contributed by atoms with Crippen LogP contribution in [0.3, 0.4) is 0 Å². The number of anilines is 1. The van der Waals surface area contributed by atoms with Gasteiger partial charge in [0.05, 0.1) is 10.7 Å². The lowest BCUT2D eigenvalue weighted by Gasteiger charge is -2.29. The zero-order chi connectivity index (χ0) is 18.7. The van der Waals surface area contributed by atoms with Crippen molar-refractivity contribution in [3.8, 4) is 0 Å². The van der Waals surface area contributed by atoms with E-state index in [9.17, 15) is 14.9 Å². The minimum Gasteiger partial charge on any atom is -0.311 e. The largest absolute Gasteiger partial charge is 0.311 e. The fraction of sp³-hybridized carbons (Fsp3) is 0.500. The number of nitro benzene ring substituents is 1. The van der Waals surface area contributed by atoms with Gasteiger partial charge in [0.2, 0.25) is 11.1 Å². The van der Waals surface area contributed by atoms with Gasteiger partial charge in [0.15, 0.2) is 0 Å². The topological polar surface area (TPSA) is 107 Å². The summed E-state index contributed by atoms with van der Waals surface area (Å²) in [6.07, 6.45) is 1.52. The van der Waals surface area contributed by atoms with Crippen molar-refractivity contribution in [2.24, 2.45) is 5.92 Å². The number of aryl methyl sites for hydroxylation is 1. The molecular formula is C16H20N6O3S. The summed E-state index contributed by atoms with van der Waals surface area (Å²) in [4.78, 5) is 24.9. The Hall–Kier alpha value is -2.49. The SMILES string of the molecule is CC(C)Cn1nnnc1SCC(=O)N1CCCc2cc([N+](=O)[O-])ccc21. The highest BCUT2D eigenvalue weighted by Crippen LogP contribution is 2.31. The Labute approximate surface area is 154 Å². The van der Waals surface area contributed by atoms with Crippen LogP contribution in [-0.2, 0) is 17.8 Å². The molecule has 1 aromatic carbocycles. The molecular weight excluding hydrogens is 356 g/mol. The third-order valence-electron chi connectivity index (χ3n) is 4.06. The number of aromatic nitrogens is 4. The molecule has 2 heterocycles. The molecule has 10 heteroatoms. The van der Waals surface area contributed by atoms with Crippen LogP contribution in [-0.4, -0.2) is 43.3 Å². The molecule has 0 radical (unpaired) electrons. The van der Waals surface area contributed by atoms with Gasteiger partial charge in [-0.15, -0.1) is 5.10 Å². The lowest BCUT2D eigenvalue weighted by molar-refractivity contribution is -0.384. The summed E-state index contributed by atoms with van der Waals surface area (Å²) in [5.41, 5.74) is 1.66. The number of amides is 1. The van der Waals surface area contributed by atoms with Crippen molar-refractivity contribution in [2.75, 3.05) is 17.2 Å². The fourth-order valence-electron chi connectivity index (χ4n) is 2.92. The van der Waals surface area contributed by atoms with Crippen LogP contribution >= 0.6 is 11.8 Å². The summed E-state index contributed by atoms with van der Waals surface area (Å²) in [5.74, 6) is 0.566. The standard InChI is InChI=1S/C16H20N6O3S/c1-11(2)9-21-16(17-18-19-21)26-10-15(23)20-7-3-4-12-8-13(22(24)25)5-6-14(12)20/h5-6,8,11H,3-4,7,9-10H2,1-2H3. The van der Waals surface area contributed by atoms with E-state index in [1.54, 1.807) is 21.7 Å². The number of benzene rings is 1. The van der Waals surface area contributed by atoms with Crippen molar-refractivity contribution < 1.29 is 9.72 Å². The molecule has 0 aliphatic carbocycles. The first-order valence-corrected chi connectivity index (χ1v) is 9.41. The van der Waals surface area contributed by atoms with Crippen LogP contribution in [0.15, 0.2) is 23.4 Å². The number of fused-ring (bicyclic) bond motifs is 1. The summed E-state index contributed by atoms with van der Waals surface area (Å²) in [5, 5.41) is 23.2. The van der Waals surface area contributed by atoms with Crippen molar-refractivity contribution in [1.82, 2.24) is 20.2 Å². The summed E-state index contributed by atoms with van der Waals surface area (Å²) in [7, 11) is 0. The van der Waals surface area contributed by atoms with Crippen LogP contribution in [0.25, 0.3) is 0 Å². The van der Waals surface area contributed by atoms with E-state index in [1.807, 2.05) is 0 Å². The van der Waals surface area contributed by atoms with Gasteiger partial charge in [-0.2, -0.15) is 0 Å². The van der Waals surface area contributed by atoms with Crippen molar-refractivity contribution in [3.63, 3.8) is 0 Å². The second-order valence-electron chi connectivity index (χ2n) is 6.55. The molecule has 0 fully saturated rings. The Morgan fingerprint density at radius 2 is 2.23 bits per heavy atom. The van der Waals surface area contributed by atoms with E-state index in [0.717, 1.165) is 24.1 Å². The quantitative estimate of drug-likeness (QED) is 0.432. The van der Waals surface area contributed by atoms with Gasteiger partial charge in [-0.1, -0.05) is 25.6 Å². The van der Waals surface area contributed by atoms with E-state index in [-0.39, 0.29) is 17.3 Å². The van der Waals surface area contributed by atoms with Crippen molar-refractivity contribution in [2.45, 2.75) is 38.4 Å². The van der Waals surface area contributed by atoms with Crippen LogP contribution in [0.5, 0.6) is 0 Å². The summed E-state index contributed by atoms with van der Waals surface area (Å²) >= 11 is 1.31. The van der Waals surface area contributed by atoms with Crippen LogP contribution < -0.4 is 4.90 Å². The van der Waals surface area contributed by atoms with Gasteiger partial charge < -0.3 is 4.90 Å². The first-order valence-electron chi connectivity index (χ1n) is 8.42. The maximum atomic E-state index is 12.7. The Balaban J connectivity index is 1.70. The zero-order valence-electron chi connectivity index (χ0n) is 14.7. The third kappa shape index (κ3) is 4.01. The monoisotopic (exact) mass is 376 g/mol. The number of thioether (sulfide) groups is 1. The zero-order valence-corrected chi connectivity index (χ0v) is 15.5. The second-order valence-corrected chi connectivity index (χ2v) is 7.49. The van der Waals surface area contributed by atoms with E-state index >= 15 is 0 Å². The first kappa shape index (κ1) is 18.3. The first-order chi connectivity index (χ1) is 12.5. The molecule has 0 atom stereocenters. The molecule has 0 N–H and O–H groups in total. The van der Waals surface area contributed by atoms with Crippen molar-refractivity contribution >= 4 is 29.0 Å². The average Bonchev–Trinajstić information content (AvgIpc) is 3.04. The number of hydrogen-bond acceptors (Lipinski definition) is 7. The molecule has 1 amide bonds. The van der Waals surface area contributed by atoms with Crippen LogP contribution in [0, 0.1) is 16.0 Å². The number of nitrogens with zero attached hydrogens (tertiary/aromatic N) is 6. The molecule has 3 rings (SSSR count). The number of rotatable bonds is 6. The Kier molecular flexibility index (Phi) is 5.50. The molecule has 2 aromatic rings. The minimum absolute atomic E-state index is 0.0519. The summed E-state index contributed by atoms with van der Waals surface area (Å²) < 4.78 is 1.70. The molecule has 0 spiro atoms. The van der Waals surface area contributed by atoms with Crippen molar-refractivity contribution in [1.29, 1.82) is 0 Å². The normalized spacial score (nSPS) is 13.7. The van der Waals surface area contributed by atoms with E-state index < -0.39 is 4.92 Å². The van der Waals surface area contributed by atoms with E-state index in [2.05, 4.69) is 29.4 Å². The van der Waals surface area contributed by atoms with Gasteiger partial charge in [0.25, 0.3) is 5.69 Å². The van der Waals surface area contributed by atoms with E-state index in [0.29, 0.717) is 24.2 Å². The van der Waals surface area contributed by atoms with Crippen LogP contribution in [0.1, 0.15) is 25.8 Å². The van der Waals surface area contributed by atoms with Crippen LogP contribution in [0.4, 0.5) is 11.4 Å². The van der Waals surface area contributed by atoms with Gasteiger partial charge >= 0.3 is 0 Å². The lowest BCUT2D eigenvalue weighted by atomic mass is 10.0. The number of hydrogen-bond donors (Lipinski definition) is 0. The van der Waals surface area contributed by atoms with Crippen molar-refractivity contribution in [3.05, 3.63) is 33.9 Å². The Bertz CT molecular complexity index is 822. The minimum atomic E-state index is -0.411. The number of non-ortho nitro benzene ring substituents is 1. The number of tetrazole rings is 1. The third-order valence-corrected chi connectivity index (χ3v) is 5.00. The van der Waals surface area contributed by atoms with E-state index in [1.165, 1.54) is 17.8 Å². The summed E-state index contributed by atoms with van der Waals surface area (Å²) in [6.45, 7) is 5.46. The molecule has 0 saturated heterocycles. The highest BCUT2D eigenvalue weighted by atomic mass is 32.2. The number of carbonyl (C=O) groups excluding carboxylic acids is 1. The highest BCUT2D eigenvalue weighted by molar-refractivity contribution is 7.99. The number of carbonyl (C=O) groups is 1. The molecule has 1 aromatic heterocycles. The molecule has 1 aliphatic heterocycles. The number of nitro groups is 1. The molecule has 0 unspecified atom stereocenters. The smallest absolute Gasteiger partial charge is 0.269 e. The predicted octanol–water partition coefficient (Wildman–Crippen LogP) is 2.31. The Morgan fingerprint density at radius 1 is 1.42 bits per heavy atom. The highest BCUT2D eigenvalue weighted by Gasteiger charge is 2.25. The second kappa shape index (κ2) is 7.81. The van der Waals surface area contributed by atoms with Gasteiger partial charge in [-0.3, -0.25) is 14.9 Å². The van der Waals surface area contributed by atoms with E-state index in [4.69, 9.17) is 0 Å². The average molecular weight is 376 g/mol. The molecule has 26 heavy (non-hydrogen) atoms. The van der Waals surface area contributed by atoms with Gasteiger partial charge in [-0.05, 0) is 40.8 Å². The lowest BCUT2D eigenvalue weighted by Crippen LogP contribution is -2.36. The molecule has 0 bridgehead atoms. The van der Waals surface area contributed by atoms with Gasteiger partial charge in [0, 0.05) is 30.9 Å². The molecule has 0 saturated carbocycles. The summed E-state index contributed by atoms with van der Waals surface area (Å²) in [6, 6.07) is 4.67.